The summed E-state index contributed by atoms with van der Waals surface area (Å²) in [6, 6.07) is 19.7. The highest BCUT2D eigenvalue weighted by molar-refractivity contribution is 7.92. The van der Waals surface area contributed by atoms with E-state index in [0.717, 1.165) is 33.8 Å². The molecule has 0 heterocycles. The van der Waals surface area contributed by atoms with Gasteiger partial charge in [-0.2, -0.15) is 0 Å². The van der Waals surface area contributed by atoms with Gasteiger partial charge in [-0.15, -0.1) is 0 Å². The molecule has 3 aromatic carbocycles. The zero-order valence-corrected chi connectivity index (χ0v) is 24.4. The van der Waals surface area contributed by atoms with Gasteiger partial charge in [-0.1, -0.05) is 66.9 Å². The Morgan fingerprint density at radius 2 is 1.59 bits per heavy atom. The van der Waals surface area contributed by atoms with Crippen LogP contribution in [-0.4, -0.2) is 44.3 Å². The number of nitrogens with one attached hydrogen (secondary N) is 1. The third kappa shape index (κ3) is 8.07. The van der Waals surface area contributed by atoms with Gasteiger partial charge in [-0.25, -0.2) is 8.42 Å². The van der Waals surface area contributed by atoms with Crippen molar-refractivity contribution in [3.63, 3.8) is 0 Å². The number of carbonyl (C=O) groups excluding carboxylic acids is 2. The zero-order chi connectivity index (χ0) is 28.6. The molecule has 208 valence electrons. The van der Waals surface area contributed by atoms with Gasteiger partial charge >= 0.3 is 0 Å². The van der Waals surface area contributed by atoms with E-state index in [1.54, 1.807) is 25.1 Å². The normalized spacial score (nSPS) is 12.0. The predicted molar refractivity (Wildman–Crippen MR) is 156 cm³/mol. The minimum absolute atomic E-state index is 0.0109. The predicted octanol–water partition coefficient (Wildman–Crippen LogP) is 5.49. The van der Waals surface area contributed by atoms with Crippen molar-refractivity contribution in [2.75, 3.05) is 17.4 Å². The summed E-state index contributed by atoms with van der Waals surface area (Å²) >= 11 is 6.00. The molecule has 0 fully saturated rings. The fourth-order valence-corrected chi connectivity index (χ4v) is 5.70. The monoisotopic (exact) mass is 569 g/mol. The number of halogens is 1. The Morgan fingerprint density at radius 1 is 0.949 bits per heavy atom. The number of nitrogens with zero attached hydrogens (tertiary/aromatic N) is 2. The molecular formula is C30H36ClN3O4S. The summed E-state index contributed by atoms with van der Waals surface area (Å²) in [5.41, 5.74) is 3.07. The van der Waals surface area contributed by atoms with Crippen LogP contribution in [0.5, 0.6) is 0 Å². The molecule has 0 saturated carbocycles. The third-order valence-electron chi connectivity index (χ3n) is 6.40. The molecule has 0 radical (unpaired) electrons. The standard InChI is InChI=1S/C30H36ClN3O4S/c1-5-6-17-32-30(36)24(4)33(20-25-11-7-9-22(2)18-25)29(35)21-34(27-12-8-10-23(3)19-27)39(37,38)28-15-13-26(31)14-16-28/h7-16,18-19,24H,5-6,17,20-21H2,1-4H3,(H,32,36)/t24-/m1/s1. The first-order valence-electron chi connectivity index (χ1n) is 13.0. The van der Waals surface area contributed by atoms with E-state index in [1.807, 2.05) is 51.1 Å². The van der Waals surface area contributed by atoms with Gasteiger partial charge in [0, 0.05) is 18.1 Å². The van der Waals surface area contributed by atoms with E-state index in [1.165, 1.54) is 29.2 Å². The minimum atomic E-state index is -4.13. The lowest BCUT2D eigenvalue weighted by atomic mass is 10.1. The molecule has 0 bridgehead atoms. The van der Waals surface area contributed by atoms with E-state index < -0.39 is 28.5 Å². The van der Waals surface area contributed by atoms with Crippen molar-refractivity contribution in [3.8, 4) is 0 Å². The number of hydrogen-bond donors (Lipinski definition) is 1. The van der Waals surface area contributed by atoms with E-state index in [0.29, 0.717) is 17.3 Å². The van der Waals surface area contributed by atoms with Crippen LogP contribution in [0.25, 0.3) is 0 Å². The molecule has 0 aromatic heterocycles. The Morgan fingerprint density at radius 3 is 2.21 bits per heavy atom. The smallest absolute Gasteiger partial charge is 0.264 e. The molecule has 7 nitrogen and oxygen atoms in total. The summed E-state index contributed by atoms with van der Waals surface area (Å²) < 4.78 is 28.7. The average Bonchev–Trinajstić information content (AvgIpc) is 2.90. The van der Waals surface area contributed by atoms with Crippen LogP contribution in [0.2, 0.25) is 5.02 Å². The number of anilines is 1. The van der Waals surface area contributed by atoms with E-state index in [-0.39, 0.29) is 17.3 Å². The molecule has 2 amide bonds. The molecular weight excluding hydrogens is 534 g/mol. The van der Waals surface area contributed by atoms with E-state index in [9.17, 15) is 18.0 Å². The Labute approximate surface area is 236 Å². The Balaban J connectivity index is 2.00. The summed E-state index contributed by atoms with van der Waals surface area (Å²) in [6.45, 7) is 7.69. The lowest BCUT2D eigenvalue weighted by Crippen LogP contribution is -2.51. The lowest BCUT2D eigenvalue weighted by molar-refractivity contribution is -0.139. The summed E-state index contributed by atoms with van der Waals surface area (Å²) in [6.07, 6.45) is 1.75. The second-order valence-electron chi connectivity index (χ2n) is 9.64. The van der Waals surface area contributed by atoms with Crippen molar-refractivity contribution < 1.29 is 18.0 Å². The van der Waals surface area contributed by atoms with Crippen LogP contribution in [0.3, 0.4) is 0 Å². The number of rotatable bonds is 12. The van der Waals surface area contributed by atoms with Crippen LogP contribution < -0.4 is 9.62 Å². The molecule has 0 saturated heterocycles. The molecule has 0 aliphatic rings. The highest BCUT2D eigenvalue weighted by Crippen LogP contribution is 2.26. The number of amides is 2. The van der Waals surface area contributed by atoms with Crippen LogP contribution in [0.4, 0.5) is 5.69 Å². The highest BCUT2D eigenvalue weighted by atomic mass is 35.5. The van der Waals surface area contributed by atoms with Gasteiger partial charge < -0.3 is 10.2 Å². The van der Waals surface area contributed by atoms with Crippen molar-refractivity contribution in [1.29, 1.82) is 0 Å². The second kappa shape index (κ2) is 13.6. The lowest BCUT2D eigenvalue weighted by Gasteiger charge is -2.32. The maximum Gasteiger partial charge on any atom is 0.264 e. The summed E-state index contributed by atoms with van der Waals surface area (Å²) in [5.74, 6) is -0.777. The third-order valence-corrected chi connectivity index (χ3v) is 8.44. The Bertz CT molecular complexity index is 1390. The van der Waals surface area contributed by atoms with Gasteiger partial charge in [0.2, 0.25) is 11.8 Å². The Kier molecular flexibility index (Phi) is 10.5. The van der Waals surface area contributed by atoms with Gasteiger partial charge in [0.05, 0.1) is 10.6 Å². The maximum absolute atomic E-state index is 13.9. The van der Waals surface area contributed by atoms with Gasteiger partial charge in [-0.3, -0.25) is 13.9 Å². The van der Waals surface area contributed by atoms with Crippen LogP contribution in [-0.2, 0) is 26.2 Å². The summed E-state index contributed by atoms with van der Waals surface area (Å²) in [7, 11) is -4.13. The topological polar surface area (TPSA) is 86.8 Å². The van der Waals surface area contributed by atoms with Crippen LogP contribution >= 0.6 is 11.6 Å². The average molecular weight is 570 g/mol. The van der Waals surface area contributed by atoms with Crippen LogP contribution in [0.1, 0.15) is 43.4 Å². The Hall–Kier alpha value is -3.36. The van der Waals surface area contributed by atoms with E-state index >= 15 is 0 Å². The number of carbonyl (C=O) groups is 2. The largest absolute Gasteiger partial charge is 0.354 e. The molecule has 1 atom stereocenters. The van der Waals surface area contributed by atoms with Crippen LogP contribution in [0, 0.1) is 13.8 Å². The van der Waals surface area contributed by atoms with Crippen molar-refractivity contribution in [2.24, 2.45) is 0 Å². The van der Waals surface area contributed by atoms with Crippen molar-refractivity contribution in [2.45, 2.75) is 58.0 Å². The van der Waals surface area contributed by atoms with E-state index in [2.05, 4.69) is 5.32 Å². The van der Waals surface area contributed by atoms with Gasteiger partial charge in [-0.05, 0) is 74.7 Å². The van der Waals surface area contributed by atoms with Crippen molar-refractivity contribution in [3.05, 3.63) is 94.5 Å². The highest BCUT2D eigenvalue weighted by Gasteiger charge is 2.32. The quantitative estimate of drug-likeness (QED) is 0.292. The minimum Gasteiger partial charge on any atom is -0.354 e. The van der Waals surface area contributed by atoms with Crippen molar-refractivity contribution >= 4 is 39.1 Å². The molecule has 39 heavy (non-hydrogen) atoms. The SMILES string of the molecule is CCCCNC(=O)[C@@H](C)N(Cc1cccc(C)c1)C(=O)CN(c1cccc(C)c1)S(=O)(=O)c1ccc(Cl)cc1. The van der Waals surface area contributed by atoms with Gasteiger partial charge in [0.1, 0.15) is 12.6 Å². The number of unbranched alkanes of at least 4 members (excludes halogenated alkanes) is 1. The van der Waals surface area contributed by atoms with Crippen LogP contribution in [0.15, 0.2) is 77.7 Å². The second-order valence-corrected chi connectivity index (χ2v) is 11.9. The maximum atomic E-state index is 13.9. The molecule has 0 aliphatic heterocycles. The van der Waals surface area contributed by atoms with Gasteiger partial charge in [0.25, 0.3) is 10.0 Å². The number of hydrogen-bond acceptors (Lipinski definition) is 4. The zero-order valence-electron chi connectivity index (χ0n) is 22.9. The first kappa shape index (κ1) is 30.2. The van der Waals surface area contributed by atoms with E-state index in [4.69, 9.17) is 11.6 Å². The van der Waals surface area contributed by atoms with Crippen molar-refractivity contribution in [1.82, 2.24) is 10.2 Å². The molecule has 0 unspecified atom stereocenters. The summed E-state index contributed by atoms with van der Waals surface area (Å²) in [5, 5.41) is 3.29. The summed E-state index contributed by atoms with van der Waals surface area (Å²) in [4.78, 5) is 28.4. The number of benzene rings is 3. The fourth-order valence-electron chi connectivity index (χ4n) is 4.17. The molecule has 9 heteroatoms. The molecule has 0 spiro atoms. The molecule has 3 rings (SSSR count). The first-order valence-corrected chi connectivity index (χ1v) is 14.8. The number of sulfonamides is 1. The molecule has 0 aliphatic carbocycles. The molecule has 1 N–H and O–H groups in total. The molecule has 3 aromatic rings. The van der Waals surface area contributed by atoms with Gasteiger partial charge in [0.15, 0.2) is 0 Å². The first-order chi connectivity index (χ1) is 18.5. The number of aryl methyl sites for hydroxylation is 2. The fraction of sp³-hybridized carbons (Fsp3) is 0.333.